The van der Waals surface area contributed by atoms with E-state index < -0.39 is 0 Å². The Hall–Kier alpha value is 0.170. The molecule has 0 radical (unpaired) electrons. The Morgan fingerprint density at radius 3 is 1.43 bits per heavy atom. The molecule has 128 valence electrons. The van der Waals surface area contributed by atoms with Gasteiger partial charge in [0.2, 0.25) is 0 Å². The minimum atomic E-state index is 0.668. The van der Waals surface area contributed by atoms with Gasteiger partial charge in [-0.05, 0) is 19.3 Å². The molecule has 0 fully saturated rings. The summed E-state index contributed by atoms with van der Waals surface area (Å²) in [5.74, 6) is 0.773. The summed E-state index contributed by atoms with van der Waals surface area (Å²) in [6.45, 7) is 6.67. The molecule has 0 bridgehead atoms. The van der Waals surface area contributed by atoms with E-state index in [-0.39, 0.29) is 0 Å². The van der Waals surface area contributed by atoms with E-state index in [1.54, 1.807) is 0 Å². The van der Waals surface area contributed by atoms with Gasteiger partial charge in [-0.15, -0.1) is 11.6 Å². The number of halogens is 1. The Balaban J connectivity index is 2.90. The molecule has 3 nitrogen and oxygen atoms in total. The minimum absolute atomic E-state index is 0.668. The van der Waals surface area contributed by atoms with Crippen LogP contribution < -0.4 is 0 Å². The highest BCUT2D eigenvalue weighted by Gasteiger charge is 1.93. The summed E-state index contributed by atoms with van der Waals surface area (Å²) in [4.78, 5) is 0. The molecule has 21 heavy (non-hydrogen) atoms. The summed E-state index contributed by atoms with van der Waals surface area (Å²) in [5.41, 5.74) is 0. The lowest BCUT2D eigenvalue weighted by Gasteiger charge is -2.07. The smallest absolute Gasteiger partial charge is 0.0701 e. The highest BCUT2D eigenvalue weighted by Crippen LogP contribution is 2.02. The first-order valence-electron chi connectivity index (χ1n) is 8.71. The lowest BCUT2D eigenvalue weighted by atomic mass is 10.2. The fourth-order valence-electron chi connectivity index (χ4n) is 2.00. The topological polar surface area (TPSA) is 27.7 Å². The first-order valence-corrected chi connectivity index (χ1v) is 9.24. The largest absolute Gasteiger partial charge is 0.379 e. The molecule has 0 rings (SSSR count). The molecule has 0 saturated carbocycles. The lowest BCUT2D eigenvalue weighted by molar-refractivity contribution is 0.0132. The molecule has 0 aliphatic carbocycles. The van der Waals surface area contributed by atoms with E-state index in [9.17, 15) is 0 Å². The van der Waals surface area contributed by atoms with Gasteiger partial charge in [0.25, 0.3) is 0 Å². The van der Waals surface area contributed by atoms with Crippen molar-refractivity contribution in [2.24, 2.45) is 0 Å². The predicted molar refractivity (Wildman–Crippen MR) is 90.4 cm³/mol. The van der Waals surface area contributed by atoms with Crippen molar-refractivity contribution in [3.05, 3.63) is 0 Å². The van der Waals surface area contributed by atoms with Gasteiger partial charge in [0.1, 0.15) is 0 Å². The van der Waals surface area contributed by atoms with Crippen LogP contribution in [0.3, 0.4) is 0 Å². The van der Waals surface area contributed by atoms with Crippen LogP contribution in [0.4, 0.5) is 0 Å². The zero-order chi connectivity index (χ0) is 15.4. The lowest BCUT2D eigenvalue weighted by Crippen LogP contribution is -2.10. The molecular weight excluding hydrogens is 288 g/mol. The van der Waals surface area contributed by atoms with Crippen molar-refractivity contribution >= 4 is 11.6 Å². The average Bonchev–Trinajstić information content (AvgIpc) is 2.50. The van der Waals surface area contributed by atoms with E-state index in [1.807, 2.05) is 0 Å². The van der Waals surface area contributed by atoms with Crippen LogP contribution in [0.15, 0.2) is 0 Å². The minimum Gasteiger partial charge on any atom is -0.379 e. The third-order valence-electron chi connectivity index (χ3n) is 3.31. The van der Waals surface area contributed by atoms with Gasteiger partial charge in [0.15, 0.2) is 0 Å². The zero-order valence-electron chi connectivity index (χ0n) is 13.9. The van der Waals surface area contributed by atoms with Crippen LogP contribution in [0.2, 0.25) is 0 Å². The first-order chi connectivity index (χ1) is 10.4. The number of unbranched alkanes of at least 4 members (excludes halogenated alkanes) is 7. The molecule has 0 amide bonds. The molecule has 0 atom stereocenters. The Morgan fingerprint density at radius 2 is 0.952 bits per heavy atom. The fraction of sp³-hybridized carbons (Fsp3) is 1.00. The van der Waals surface area contributed by atoms with E-state index in [4.69, 9.17) is 25.8 Å². The van der Waals surface area contributed by atoms with Crippen LogP contribution in [0.25, 0.3) is 0 Å². The SMILES string of the molecule is CCCCCCCOCCOCCOCCCCCCCl. The van der Waals surface area contributed by atoms with Crippen LogP contribution >= 0.6 is 11.6 Å². The highest BCUT2D eigenvalue weighted by molar-refractivity contribution is 6.17. The van der Waals surface area contributed by atoms with Gasteiger partial charge in [-0.2, -0.15) is 0 Å². The second kappa shape index (κ2) is 20.2. The monoisotopic (exact) mass is 322 g/mol. The molecule has 0 aliphatic heterocycles. The summed E-state index contributed by atoms with van der Waals surface area (Å²) in [5, 5.41) is 0. The number of hydrogen-bond acceptors (Lipinski definition) is 3. The maximum absolute atomic E-state index is 5.61. The van der Waals surface area contributed by atoms with Gasteiger partial charge < -0.3 is 14.2 Å². The van der Waals surface area contributed by atoms with Crippen molar-refractivity contribution in [3.8, 4) is 0 Å². The van der Waals surface area contributed by atoms with Gasteiger partial charge in [0, 0.05) is 19.1 Å². The van der Waals surface area contributed by atoms with E-state index in [2.05, 4.69) is 6.92 Å². The summed E-state index contributed by atoms with van der Waals surface area (Å²) in [6, 6.07) is 0. The Bertz CT molecular complexity index is 161. The molecule has 0 unspecified atom stereocenters. The second-order valence-electron chi connectivity index (χ2n) is 5.35. The van der Waals surface area contributed by atoms with E-state index in [0.717, 1.165) is 31.9 Å². The van der Waals surface area contributed by atoms with Gasteiger partial charge in [0.05, 0.1) is 26.4 Å². The van der Waals surface area contributed by atoms with Crippen molar-refractivity contribution < 1.29 is 14.2 Å². The highest BCUT2D eigenvalue weighted by atomic mass is 35.5. The Labute approximate surface area is 136 Å². The standard InChI is InChI=1S/C17H35ClO3/c1-2-3-4-6-9-12-19-14-16-21-17-15-20-13-10-7-5-8-11-18/h2-17H2,1H3. The normalized spacial score (nSPS) is 11.1. The molecule has 0 spiro atoms. The summed E-state index contributed by atoms with van der Waals surface area (Å²) < 4.78 is 16.5. The maximum atomic E-state index is 5.61. The van der Waals surface area contributed by atoms with Crippen molar-refractivity contribution in [2.75, 3.05) is 45.5 Å². The predicted octanol–water partition coefficient (Wildman–Crippen LogP) is 4.81. The fourth-order valence-corrected chi connectivity index (χ4v) is 2.19. The third kappa shape index (κ3) is 20.2. The van der Waals surface area contributed by atoms with Crippen LogP contribution in [0.5, 0.6) is 0 Å². The molecule has 0 aromatic carbocycles. The van der Waals surface area contributed by atoms with Gasteiger partial charge >= 0.3 is 0 Å². The molecule has 4 heteroatoms. The molecule has 0 saturated heterocycles. The van der Waals surface area contributed by atoms with Crippen LogP contribution in [-0.2, 0) is 14.2 Å². The van der Waals surface area contributed by atoms with Crippen LogP contribution in [0, 0.1) is 0 Å². The van der Waals surface area contributed by atoms with Crippen molar-refractivity contribution in [1.29, 1.82) is 0 Å². The average molecular weight is 323 g/mol. The number of ether oxygens (including phenoxy) is 3. The van der Waals surface area contributed by atoms with E-state index in [0.29, 0.717) is 26.4 Å². The van der Waals surface area contributed by atoms with Crippen molar-refractivity contribution in [1.82, 2.24) is 0 Å². The Kier molecular flexibility index (Phi) is 20.3. The zero-order valence-corrected chi connectivity index (χ0v) is 14.7. The van der Waals surface area contributed by atoms with Gasteiger partial charge in [-0.3, -0.25) is 0 Å². The molecule has 0 aliphatic rings. The number of alkyl halides is 1. The number of hydrogen-bond donors (Lipinski definition) is 0. The molecule has 0 N–H and O–H groups in total. The molecule has 0 aromatic heterocycles. The number of rotatable bonds is 18. The maximum Gasteiger partial charge on any atom is 0.0701 e. The first kappa shape index (κ1) is 21.2. The summed E-state index contributed by atoms with van der Waals surface area (Å²) in [7, 11) is 0. The van der Waals surface area contributed by atoms with Crippen LogP contribution in [0.1, 0.15) is 64.7 Å². The molecule has 0 heterocycles. The second-order valence-corrected chi connectivity index (χ2v) is 5.73. The third-order valence-corrected chi connectivity index (χ3v) is 3.58. The summed E-state index contributed by atoms with van der Waals surface area (Å²) in [6.07, 6.45) is 11.1. The quantitative estimate of drug-likeness (QED) is 0.268. The molecule has 0 aromatic rings. The van der Waals surface area contributed by atoms with Crippen LogP contribution in [-0.4, -0.2) is 45.5 Å². The van der Waals surface area contributed by atoms with E-state index >= 15 is 0 Å². The molecular formula is C17H35ClO3. The summed E-state index contributed by atoms with van der Waals surface area (Å²) >= 11 is 5.61. The van der Waals surface area contributed by atoms with Crippen molar-refractivity contribution in [3.63, 3.8) is 0 Å². The Morgan fingerprint density at radius 1 is 0.524 bits per heavy atom. The van der Waals surface area contributed by atoms with Gasteiger partial charge in [-0.25, -0.2) is 0 Å². The van der Waals surface area contributed by atoms with E-state index in [1.165, 1.54) is 44.9 Å². The van der Waals surface area contributed by atoms with Gasteiger partial charge in [-0.1, -0.05) is 45.4 Å². The van der Waals surface area contributed by atoms with Crippen molar-refractivity contribution in [2.45, 2.75) is 64.7 Å².